The van der Waals surface area contributed by atoms with E-state index in [0.717, 1.165) is 25.0 Å². The van der Waals surface area contributed by atoms with E-state index in [2.05, 4.69) is 27.8 Å². The number of halogens is 3. The highest BCUT2D eigenvalue weighted by atomic mass is 19.4. The van der Waals surface area contributed by atoms with Gasteiger partial charge in [0, 0.05) is 17.1 Å². The Morgan fingerprint density at radius 3 is 2.44 bits per heavy atom. The molecule has 1 heterocycles. The van der Waals surface area contributed by atoms with E-state index >= 15 is 0 Å². The zero-order valence-corrected chi connectivity index (χ0v) is 18.6. The SMILES string of the molecule is C[C@@H](CCc1ccccc1)NC(=O)c1cc(Nc2cccc(C(F)(F)F)c2)nc2ccccc12. The molecule has 0 radical (unpaired) electrons. The number of rotatable bonds is 7. The number of carbonyl (C=O) groups excluding carboxylic acids is 1. The molecule has 0 bridgehead atoms. The van der Waals surface area contributed by atoms with Gasteiger partial charge in [0.15, 0.2) is 0 Å². The second kappa shape index (κ2) is 9.95. The molecule has 4 rings (SSSR count). The first kappa shape index (κ1) is 23.3. The summed E-state index contributed by atoms with van der Waals surface area (Å²) in [5, 5.41) is 6.62. The molecular weight excluding hydrogens is 439 g/mol. The zero-order valence-electron chi connectivity index (χ0n) is 18.6. The van der Waals surface area contributed by atoms with Crippen LogP contribution in [0.5, 0.6) is 0 Å². The van der Waals surface area contributed by atoms with Crippen molar-refractivity contribution in [3.8, 4) is 0 Å². The number of pyridine rings is 1. The average Bonchev–Trinajstić information content (AvgIpc) is 2.82. The quantitative estimate of drug-likeness (QED) is 0.319. The Kier molecular flexibility index (Phi) is 6.82. The van der Waals surface area contributed by atoms with Crippen LogP contribution < -0.4 is 10.6 Å². The monoisotopic (exact) mass is 463 g/mol. The van der Waals surface area contributed by atoms with Crippen molar-refractivity contribution in [3.05, 3.63) is 102 Å². The first-order chi connectivity index (χ1) is 16.3. The molecule has 3 aromatic carbocycles. The summed E-state index contributed by atoms with van der Waals surface area (Å²) in [6.07, 6.45) is -2.84. The molecule has 7 heteroatoms. The van der Waals surface area contributed by atoms with Gasteiger partial charge in [-0.2, -0.15) is 13.2 Å². The van der Waals surface area contributed by atoms with Crippen LogP contribution in [0.15, 0.2) is 84.9 Å². The van der Waals surface area contributed by atoms with Crippen molar-refractivity contribution in [2.75, 3.05) is 5.32 Å². The Labute approximate surface area is 195 Å². The Bertz CT molecular complexity index is 1290. The molecule has 1 atom stereocenters. The smallest absolute Gasteiger partial charge is 0.350 e. The number of aromatic nitrogens is 1. The van der Waals surface area contributed by atoms with Crippen LogP contribution in [0, 0.1) is 0 Å². The summed E-state index contributed by atoms with van der Waals surface area (Å²) in [7, 11) is 0. The van der Waals surface area contributed by atoms with E-state index in [1.165, 1.54) is 17.7 Å². The number of fused-ring (bicyclic) bond motifs is 1. The van der Waals surface area contributed by atoms with Crippen LogP contribution >= 0.6 is 0 Å². The lowest BCUT2D eigenvalue weighted by Crippen LogP contribution is -2.33. The van der Waals surface area contributed by atoms with Crippen LogP contribution in [0.2, 0.25) is 0 Å². The van der Waals surface area contributed by atoms with Crippen molar-refractivity contribution < 1.29 is 18.0 Å². The summed E-state index contributed by atoms with van der Waals surface area (Å²) in [5.74, 6) is 0.0337. The number of carbonyl (C=O) groups is 1. The summed E-state index contributed by atoms with van der Waals surface area (Å²) in [6, 6.07) is 23.6. The Morgan fingerprint density at radius 1 is 0.941 bits per heavy atom. The third-order valence-corrected chi connectivity index (χ3v) is 5.51. The van der Waals surface area contributed by atoms with E-state index in [0.29, 0.717) is 22.3 Å². The van der Waals surface area contributed by atoms with Gasteiger partial charge >= 0.3 is 6.18 Å². The Morgan fingerprint density at radius 2 is 1.68 bits per heavy atom. The molecule has 0 saturated heterocycles. The first-order valence-corrected chi connectivity index (χ1v) is 11.0. The van der Waals surface area contributed by atoms with Gasteiger partial charge in [0.1, 0.15) is 5.82 Å². The van der Waals surface area contributed by atoms with E-state index in [-0.39, 0.29) is 17.6 Å². The molecule has 34 heavy (non-hydrogen) atoms. The molecule has 0 aliphatic heterocycles. The van der Waals surface area contributed by atoms with E-state index in [1.807, 2.05) is 31.2 Å². The third kappa shape index (κ3) is 5.73. The second-order valence-corrected chi connectivity index (χ2v) is 8.17. The number of anilines is 2. The number of para-hydroxylation sites is 1. The second-order valence-electron chi connectivity index (χ2n) is 8.17. The van der Waals surface area contributed by atoms with E-state index in [1.54, 1.807) is 24.3 Å². The lowest BCUT2D eigenvalue weighted by molar-refractivity contribution is -0.137. The summed E-state index contributed by atoms with van der Waals surface area (Å²) < 4.78 is 39.2. The highest BCUT2D eigenvalue weighted by Crippen LogP contribution is 2.31. The lowest BCUT2D eigenvalue weighted by Gasteiger charge is -2.16. The number of benzene rings is 3. The molecule has 1 aromatic heterocycles. The van der Waals surface area contributed by atoms with E-state index in [9.17, 15) is 18.0 Å². The summed E-state index contributed by atoms with van der Waals surface area (Å²) in [5.41, 5.74) is 1.66. The highest BCUT2D eigenvalue weighted by molar-refractivity contribution is 6.07. The molecule has 174 valence electrons. The van der Waals surface area contributed by atoms with E-state index < -0.39 is 11.7 Å². The van der Waals surface area contributed by atoms with Crippen LogP contribution in [0.1, 0.15) is 34.8 Å². The molecule has 0 aliphatic carbocycles. The predicted octanol–water partition coefficient (Wildman–Crippen LogP) is 6.75. The van der Waals surface area contributed by atoms with Crippen molar-refractivity contribution in [2.45, 2.75) is 32.0 Å². The van der Waals surface area contributed by atoms with Crippen LogP contribution in [-0.2, 0) is 12.6 Å². The number of aryl methyl sites for hydroxylation is 1. The van der Waals surface area contributed by atoms with Gasteiger partial charge < -0.3 is 10.6 Å². The zero-order chi connectivity index (χ0) is 24.1. The van der Waals surface area contributed by atoms with Crippen molar-refractivity contribution in [1.29, 1.82) is 0 Å². The minimum absolute atomic E-state index is 0.0699. The number of nitrogens with one attached hydrogen (secondary N) is 2. The van der Waals surface area contributed by atoms with Gasteiger partial charge in [0.25, 0.3) is 5.91 Å². The van der Waals surface area contributed by atoms with Gasteiger partial charge in [-0.1, -0.05) is 54.6 Å². The minimum Gasteiger partial charge on any atom is -0.350 e. The predicted molar refractivity (Wildman–Crippen MR) is 128 cm³/mol. The normalized spacial score (nSPS) is 12.4. The van der Waals surface area contributed by atoms with Crippen LogP contribution in [0.25, 0.3) is 10.9 Å². The summed E-state index contributed by atoms with van der Waals surface area (Å²) >= 11 is 0. The number of hydrogen-bond donors (Lipinski definition) is 2. The van der Waals surface area contributed by atoms with Gasteiger partial charge in [-0.3, -0.25) is 4.79 Å². The van der Waals surface area contributed by atoms with E-state index in [4.69, 9.17) is 0 Å². The molecule has 1 amide bonds. The van der Waals surface area contributed by atoms with Gasteiger partial charge in [-0.05, 0) is 55.7 Å². The summed E-state index contributed by atoms with van der Waals surface area (Å²) in [4.78, 5) is 17.6. The standard InChI is InChI=1S/C27H24F3N3O/c1-18(14-15-19-8-3-2-4-9-19)31-26(34)23-17-25(33-24-13-6-5-12-22(23)24)32-21-11-7-10-20(16-21)27(28,29)30/h2-13,16-18H,14-15H2,1H3,(H,31,34)(H,32,33)/t18-/m0/s1. The van der Waals surface area contributed by atoms with Crippen LogP contribution in [0.4, 0.5) is 24.7 Å². The largest absolute Gasteiger partial charge is 0.416 e. The Hall–Kier alpha value is -3.87. The molecule has 0 fully saturated rings. The van der Waals surface area contributed by atoms with Gasteiger partial charge in [-0.15, -0.1) is 0 Å². The fourth-order valence-electron chi connectivity index (χ4n) is 3.75. The highest BCUT2D eigenvalue weighted by Gasteiger charge is 2.30. The van der Waals surface area contributed by atoms with Gasteiger partial charge in [-0.25, -0.2) is 4.98 Å². The number of hydrogen-bond acceptors (Lipinski definition) is 3. The minimum atomic E-state index is -4.45. The maximum absolute atomic E-state index is 13.2. The average molecular weight is 464 g/mol. The van der Waals surface area contributed by atoms with Gasteiger partial charge in [0.05, 0.1) is 16.6 Å². The molecular formula is C27H24F3N3O. The van der Waals surface area contributed by atoms with Gasteiger partial charge in [0.2, 0.25) is 0 Å². The topological polar surface area (TPSA) is 54.0 Å². The fraction of sp³-hybridized carbons (Fsp3) is 0.185. The molecule has 0 unspecified atom stereocenters. The fourth-order valence-corrected chi connectivity index (χ4v) is 3.75. The molecule has 0 spiro atoms. The molecule has 4 aromatic rings. The van der Waals surface area contributed by atoms with Crippen LogP contribution in [0.3, 0.4) is 0 Å². The molecule has 2 N–H and O–H groups in total. The first-order valence-electron chi connectivity index (χ1n) is 11.0. The lowest BCUT2D eigenvalue weighted by atomic mass is 10.0. The molecule has 0 saturated carbocycles. The van der Waals surface area contributed by atoms with Crippen molar-refractivity contribution in [3.63, 3.8) is 0 Å². The number of nitrogens with zero attached hydrogens (tertiary/aromatic N) is 1. The Balaban J connectivity index is 1.55. The number of amides is 1. The summed E-state index contributed by atoms with van der Waals surface area (Å²) in [6.45, 7) is 1.95. The molecule has 4 nitrogen and oxygen atoms in total. The maximum atomic E-state index is 13.2. The van der Waals surface area contributed by atoms with Crippen molar-refractivity contribution >= 4 is 28.3 Å². The van der Waals surface area contributed by atoms with Crippen molar-refractivity contribution in [1.82, 2.24) is 10.3 Å². The molecule has 0 aliphatic rings. The van der Waals surface area contributed by atoms with Crippen LogP contribution in [-0.4, -0.2) is 16.9 Å². The maximum Gasteiger partial charge on any atom is 0.416 e. The third-order valence-electron chi connectivity index (χ3n) is 5.51. The number of alkyl halides is 3. The van der Waals surface area contributed by atoms with Crippen molar-refractivity contribution in [2.24, 2.45) is 0 Å².